The van der Waals surface area contributed by atoms with Gasteiger partial charge in [-0.25, -0.2) is 0 Å². The monoisotopic (exact) mass is 273 g/mol. The molecule has 0 aromatic carbocycles. The van der Waals surface area contributed by atoms with Gasteiger partial charge in [-0.1, -0.05) is 20.3 Å². The molecule has 1 amide bonds. The van der Waals surface area contributed by atoms with Crippen LogP contribution >= 0.6 is 0 Å². The molecule has 6 nitrogen and oxygen atoms in total. The molecular weight excluding hydrogens is 250 g/mol. The van der Waals surface area contributed by atoms with Crippen molar-refractivity contribution < 1.29 is 23.9 Å². The Hall–Kier alpha value is -1.59. The highest BCUT2D eigenvalue weighted by Gasteiger charge is 2.31. The summed E-state index contributed by atoms with van der Waals surface area (Å²) in [4.78, 5) is 33.8. The van der Waals surface area contributed by atoms with Crippen molar-refractivity contribution in [2.24, 2.45) is 5.92 Å². The predicted molar refractivity (Wildman–Crippen MR) is 69.2 cm³/mol. The van der Waals surface area contributed by atoms with Crippen LogP contribution in [0, 0.1) is 5.92 Å². The Kier molecular flexibility index (Phi) is 7.79. The van der Waals surface area contributed by atoms with Gasteiger partial charge in [-0.3, -0.25) is 14.4 Å². The molecule has 0 fully saturated rings. The first kappa shape index (κ1) is 17.4. The fraction of sp³-hybridized carbons (Fsp3) is 0.769. The summed E-state index contributed by atoms with van der Waals surface area (Å²) in [6.07, 6.45) is -0.0151. The molecule has 0 unspecified atom stereocenters. The number of nitrogens with one attached hydrogen (secondary N) is 1. The van der Waals surface area contributed by atoms with Gasteiger partial charge in [0.05, 0.1) is 19.6 Å². The van der Waals surface area contributed by atoms with Gasteiger partial charge in [0.2, 0.25) is 5.91 Å². The van der Waals surface area contributed by atoms with E-state index >= 15 is 0 Å². The Morgan fingerprint density at radius 3 is 2.16 bits per heavy atom. The summed E-state index contributed by atoms with van der Waals surface area (Å²) in [6.45, 7) is 6.54. The molecule has 0 radical (unpaired) electrons. The van der Waals surface area contributed by atoms with E-state index in [0.717, 1.165) is 6.42 Å². The van der Waals surface area contributed by atoms with Gasteiger partial charge in [0.1, 0.15) is 6.10 Å². The van der Waals surface area contributed by atoms with E-state index in [0.29, 0.717) is 0 Å². The lowest BCUT2D eigenvalue weighted by molar-refractivity contribution is -0.155. The summed E-state index contributed by atoms with van der Waals surface area (Å²) < 4.78 is 9.74. The summed E-state index contributed by atoms with van der Waals surface area (Å²) in [5.74, 6) is -1.14. The summed E-state index contributed by atoms with van der Waals surface area (Å²) in [6, 6.07) is -0.412. The van der Waals surface area contributed by atoms with Crippen LogP contribution in [0.2, 0.25) is 0 Å². The predicted octanol–water partition coefficient (Wildman–Crippen LogP) is 1.03. The van der Waals surface area contributed by atoms with Gasteiger partial charge in [0, 0.05) is 13.8 Å². The lowest BCUT2D eigenvalue weighted by Crippen LogP contribution is -2.49. The van der Waals surface area contributed by atoms with Crippen LogP contribution in [-0.2, 0) is 23.9 Å². The van der Waals surface area contributed by atoms with Crippen molar-refractivity contribution in [1.29, 1.82) is 0 Å². The van der Waals surface area contributed by atoms with Gasteiger partial charge < -0.3 is 14.8 Å². The van der Waals surface area contributed by atoms with Crippen LogP contribution in [0.15, 0.2) is 0 Å². The van der Waals surface area contributed by atoms with E-state index in [4.69, 9.17) is 4.74 Å². The summed E-state index contributed by atoms with van der Waals surface area (Å²) in [5, 5.41) is 2.74. The lowest BCUT2D eigenvalue weighted by Gasteiger charge is -2.30. The molecule has 110 valence electrons. The third kappa shape index (κ3) is 6.79. The third-order valence-electron chi connectivity index (χ3n) is 2.94. The minimum absolute atomic E-state index is 0.0675. The highest BCUT2D eigenvalue weighted by atomic mass is 16.6. The van der Waals surface area contributed by atoms with Crippen molar-refractivity contribution in [2.45, 2.75) is 52.7 Å². The molecule has 6 heteroatoms. The van der Waals surface area contributed by atoms with E-state index in [-0.39, 0.29) is 18.2 Å². The van der Waals surface area contributed by atoms with Crippen LogP contribution in [0.5, 0.6) is 0 Å². The minimum Gasteiger partial charge on any atom is -0.469 e. The lowest BCUT2D eigenvalue weighted by atomic mass is 9.92. The fourth-order valence-electron chi connectivity index (χ4n) is 1.79. The molecule has 0 rings (SSSR count). The molecule has 0 spiro atoms. The van der Waals surface area contributed by atoms with Crippen molar-refractivity contribution in [3.8, 4) is 0 Å². The van der Waals surface area contributed by atoms with Gasteiger partial charge >= 0.3 is 11.9 Å². The minimum atomic E-state index is -0.719. The molecule has 0 saturated carbocycles. The summed E-state index contributed by atoms with van der Waals surface area (Å²) in [5.41, 5.74) is 0. The molecule has 0 aromatic rings. The third-order valence-corrected chi connectivity index (χ3v) is 2.94. The summed E-state index contributed by atoms with van der Waals surface area (Å²) in [7, 11) is 1.27. The fourth-order valence-corrected chi connectivity index (χ4v) is 1.79. The smallest absolute Gasteiger partial charge is 0.309 e. The number of carbonyl (C=O) groups is 3. The second kappa shape index (κ2) is 8.50. The average Bonchev–Trinajstić information content (AvgIpc) is 2.33. The normalized spacial score (nSPS) is 15.0. The van der Waals surface area contributed by atoms with E-state index in [1.807, 2.05) is 13.8 Å². The van der Waals surface area contributed by atoms with Gasteiger partial charge in [0.15, 0.2) is 0 Å². The molecule has 0 aliphatic carbocycles. The molecule has 0 saturated heterocycles. The number of rotatable bonds is 7. The molecule has 0 aliphatic rings. The van der Waals surface area contributed by atoms with Crippen molar-refractivity contribution >= 4 is 17.8 Å². The molecule has 0 bridgehead atoms. The first-order valence-electron chi connectivity index (χ1n) is 6.32. The largest absolute Gasteiger partial charge is 0.469 e. The molecule has 1 N–H and O–H groups in total. The highest BCUT2D eigenvalue weighted by Crippen LogP contribution is 2.17. The first-order valence-corrected chi connectivity index (χ1v) is 6.32. The maximum atomic E-state index is 11.4. The Morgan fingerprint density at radius 1 is 1.21 bits per heavy atom. The first-order chi connectivity index (χ1) is 8.81. The molecular formula is C13H23NO5. The second-order valence-corrected chi connectivity index (χ2v) is 4.54. The van der Waals surface area contributed by atoms with E-state index in [1.54, 1.807) is 0 Å². The van der Waals surface area contributed by atoms with E-state index in [9.17, 15) is 14.4 Å². The zero-order valence-corrected chi connectivity index (χ0v) is 12.2. The maximum Gasteiger partial charge on any atom is 0.309 e. The van der Waals surface area contributed by atoms with Crippen molar-refractivity contribution in [2.75, 3.05) is 7.11 Å². The van der Waals surface area contributed by atoms with Crippen molar-refractivity contribution in [3.05, 3.63) is 0 Å². The average molecular weight is 273 g/mol. The maximum absolute atomic E-state index is 11.4. The Morgan fingerprint density at radius 2 is 1.79 bits per heavy atom. The van der Waals surface area contributed by atoms with Crippen LogP contribution in [0.25, 0.3) is 0 Å². The Labute approximate surface area is 113 Å². The van der Waals surface area contributed by atoms with E-state index < -0.39 is 24.1 Å². The molecule has 19 heavy (non-hydrogen) atoms. The quantitative estimate of drug-likeness (QED) is 0.701. The Bertz CT molecular complexity index is 329. The summed E-state index contributed by atoms with van der Waals surface area (Å²) >= 11 is 0. The van der Waals surface area contributed by atoms with Crippen molar-refractivity contribution in [1.82, 2.24) is 5.32 Å². The molecule has 0 heterocycles. The van der Waals surface area contributed by atoms with Crippen LogP contribution in [0.3, 0.4) is 0 Å². The number of methoxy groups -OCH3 is 1. The van der Waals surface area contributed by atoms with Gasteiger partial charge in [0.25, 0.3) is 0 Å². The highest BCUT2D eigenvalue weighted by molar-refractivity contribution is 5.74. The zero-order valence-electron chi connectivity index (χ0n) is 12.2. The zero-order chi connectivity index (χ0) is 15.0. The van der Waals surface area contributed by atoms with Crippen LogP contribution in [0.4, 0.5) is 0 Å². The number of amides is 1. The van der Waals surface area contributed by atoms with Crippen LogP contribution in [-0.4, -0.2) is 37.1 Å². The number of esters is 2. The number of hydrogen-bond acceptors (Lipinski definition) is 5. The second-order valence-electron chi connectivity index (χ2n) is 4.54. The SMILES string of the molecule is CC[C@H](C)[C@H](NC(C)=O)[C@@H](CC(=O)OC)OC(C)=O. The van der Waals surface area contributed by atoms with Gasteiger partial charge in [-0.05, 0) is 5.92 Å². The molecule has 0 aliphatic heterocycles. The van der Waals surface area contributed by atoms with Crippen molar-refractivity contribution in [3.63, 3.8) is 0 Å². The topological polar surface area (TPSA) is 81.7 Å². The number of ether oxygens (including phenoxy) is 2. The number of carbonyl (C=O) groups excluding carboxylic acids is 3. The van der Waals surface area contributed by atoms with Crippen LogP contribution in [0.1, 0.15) is 40.5 Å². The standard InChI is InChI=1S/C13H23NO5/c1-6-8(2)13(14-9(3)15)11(19-10(4)16)7-12(17)18-5/h8,11,13H,6-7H2,1-5H3,(H,14,15)/t8-,11+,13-/m0/s1. The van der Waals surface area contributed by atoms with Crippen LogP contribution < -0.4 is 5.32 Å². The molecule has 3 atom stereocenters. The van der Waals surface area contributed by atoms with E-state index in [2.05, 4.69) is 10.1 Å². The Balaban J connectivity index is 5.03. The van der Waals surface area contributed by atoms with Gasteiger partial charge in [-0.15, -0.1) is 0 Å². The number of hydrogen-bond donors (Lipinski definition) is 1. The van der Waals surface area contributed by atoms with E-state index in [1.165, 1.54) is 21.0 Å². The van der Waals surface area contributed by atoms with Gasteiger partial charge in [-0.2, -0.15) is 0 Å². The molecule has 0 aromatic heterocycles.